The van der Waals surface area contributed by atoms with Crippen LogP contribution in [-0.2, 0) is 9.53 Å². The third-order valence-electron chi connectivity index (χ3n) is 3.18. The van der Waals surface area contributed by atoms with Crippen molar-refractivity contribution in [3.05, 3.63) is 29.3 Å². The molecule has 0 radical (unpaired) electrons. The maximum Gasteiger partial charge on any atom is 0.407 e. The number of rotatable bonds is 10. The Labute approximate surface area is 170 Å². The second-order valence-electron chi connectivity index (χ2n) is 7.15. The number of amides is 2. The van der Waals surface area contributed by atoms with Gasteiger partial charge in [-0.1, -0.05) is 18.5 Å². The summed E-state index contributed by atoms with van der Waals surface area (Å²) in [6.45, 7) is 8.85. The molecule has 2 amide bonds. The predicted molar refractivity (Wildman–Crippen MR) is 111 cm³/mol. The molecule has 0 aliphatic carbocycles. The smallest absolute Gasteiger partial charge is 0.407 e. The van der Waals surface area contributed by atoms with Crippen molar-refractivity contribution in [2.45, 2.75) is 33.3 Å². The van der Waals surface area contributed by atoms with Crippen molar-refractivity contribution in [3.8, 4) is 5.75 Å². The number of carbonyl (C=O) groups excluding carboxylic acids is 2. The van der Waals surface area contributed by atoms with Crippen LogP contribution in [0, 0.1) is 5.92 Å². The van der Waals surface area contributed by atoms with Gasteiger partial charge >= 0.3 is 6.09 Å². The molecule has 1 rings (SSSR count). The first-order valence-corrected chi connectivity index (χ1v) is 10.4. The van der Waals surface area contributed by atoms with Crippen molar-refractivity contribution in [1.82, 2.24) is 10.6 Å². The van der Waals surface area contributed by atoms with Crippen LogP contribution < -0.4 is 15.4 Å². The van der Waals surface area contributed by atoms with Crippen LogP contribution in [0.15, 0.2) is 24.3 Å². The Balaban J connectivity index is 2.06. The molecule has 1 unspecified atom stereocenters. The molecule has 2 N–H and O–H groups in total. The standard InChI is InChI=1S/C19H29ClN2O4S/c1-14(12-22-18(24)26-19(2,3)4)11-21-17(23)13-27-10-9-25-16-7-5-15(20)6-8-16/h5-8,14H,9-13H2,1-4H3,(H,21,23)(H,22,24). The highest BCUT2D eigenvalue weighted by atomic mass is 35.5. The van der Waals surface area contributed by atoms with E-state index in [2.05, 4.69) is 10.6 Å². The Hall–Kier alpha value is -1.60. The molecule has 0 spiro atoms. The summed E-state index contributed by atoms with van der Waals surface area (Å²) in [4.78, 5) is 23.4. The van der Waals surface area contributed by atoms with E-state index in [-0.39, 0.29) is 11.8 Å². The van der Waals surface area contributed by atoms with Gasteiger partial charge in [-0.05, 0) is 51.0 Å². The zero-order valence-electron chi connectivity index (χ0n) is 16.3. The fourth-order valence-electron chi connectivity index (χ4n) is 1.90. The van der Waals surface area contributed by atoms with Crippen LogP contribution in [0.4, 0.5) is 4.79 Å². The highest BCUT2D eigenvalue weighted by Gasteiger charge is 2.16. The monoisotopic (exact) mass is 416 g/mol. The molecule has 152 valence electrons. The number of alkyl carbamates (subject to hydrolysis) is 1. The molecule has 0 heterocycles. The number of thioether (sulfide) groups is 1. The molecule has 1 aromatic carbocycles. The van der Waals surface area contributed by atoms with E-state index in [1.807, 2.05) is 39.8 Å². The molecule has 0 aliphatic heterocycles. The summed E-state index contributed by atoms with van der Waals surface area (Å²) in [6, 6.07) is 7.17. The lowest BCUT2D eigenvalue weighted by Crippen LogP contribution is -2.38. The molecule has 0 aromatic heterocycles. The minimum Gasteiger partial charge on any atom is -0.493 e. The Morgan fingerprint density at radius 2 is 1.78 bits per heavy atom. The number of hydrogen-bond donors (Lipinski definition) is 2. The summed E-state index contributed by atoms with van der Waals surface area (Å²) in [5, 5.41) is 6.23. The van der Waals surface area contributed by atoms with Gasteiger partial charge in [-0.3, -0.25) is 4.79 Å². The first-order chi connectivity index (χ1) is 12.7. The van der Waals surface area contributed by atoms with Crippen molar-refractivity contribution in [1.29, 1.82) is 0 Å². The van der Waals surface area contributed by atoms with Gasteiger partial charge in [0.25, 0.3) is 0 Å². The molecule has 1 aromatic rings. The largest absolute Gasteiger partial charge is 0.493 e. The fourth-order valence-corrected chi connectivity index (χ4v) is 2.66. The van der Waals surface area contributed by atoms with Gasteiger partial charge in [-0.2, -0.15) is 0 Å². The zero-order chi connectivity index (χ0) is 20.3. The Kier molecular flexibility index (Phi) is 10.4. The van der Waals surface area contributed by atoms with Crippen LogP contribution >= 0.6 is 23.4 Å². The lowest BCUT2D eigenvalue weighted by Gasteiger charge is -2.21. The van der Waals surface area contributed by atoms with Crippen LogP contribution in [0.3, 0.4) is 0 Å². The molecule has 8 heteroatoms. The Morgan fingerprint density at radius 3 is 2.41 bits per heavy atom. The first-order valence-electron chi connectivity index (χ1n) is 8.85. The second kappa shape index (κ2) is 12.0. The average Bonchev–Trinajstić information content (AvgIpc) is 2.58. The summed E-state index contributed by atoms with van der Waals surface area (Å²) in [7, 11) is 0. The van der Waals surface area contributed by atoms with Crippen LogP contribution in [0.2, 0.25) is 5.02 Å². The molecule has 0 bridgehead atoms. The summed E-state index contributed by atoms with van der Waals surface area (Å²) in [5.41, 5.74) is -0.518. The molecule has 0 saturated carbocycles. The van der Waals surface area contributed by atoms with E-state index in [0.717, 1.165) is 5.75 Å². The fraction of sp³-hybridized carbons (Fsp3) is 0.579. The lowest BCUT2D eigenvalue weighted by molar-refractivity contribution is -0.118. The molecule has 0 aliphatic rings. The topological polar surface area (TPSA) is 76.7 Å². The van der Waals surface area contributed by atoms with Crippen LogP contribution in [0.25, 0.3) is 0 Å². The van der Waals surface area contributed by atoms with Crippen molar-refractivity contribution >= 4 is 35.4 Å². The van der Waals surface area contributed by atoms with Gasteiger partial charge in [0.1, 0.15) is 11.4 Å². The van der Waals surface area contributed by atoms with E-state index >= 15 is 0 Å². The number of halogens is 1. The van der Waals surface area contributed by atoms with Gasteiger partial charge in [0.2, 0.25) is 5.91 Å². The Morgan fingerprint density at radius 1 is 1.15 bits per heavy atom. The van der Waals surface area contributed by atoms with Crippen LogP contribution in [0.5, 0.6) is 5.75 Å². The van der Waals surface area contributed by atoms with Crippen LogP contribution in [-0.4, -0.2) is 48.8 Å². The quantitative estimate of drug-likeness (QED) is 0.568. The van der Waals surface area contributed by atoms with Gasteiger partial charge in [0, 0.05) is 23.9 Å². The Bertz CT molecular complexity index is 590. The summed E-state index contributed by atoms with van der Waals surface area (Å²) in [6.07, 6.45) is -0.447. The molecular weight excluding hydrogens is 388 g/mol. The van der Waals surface area contributed by atoms with Gasteiger partial charge in [-0.15, -0.1) is 11.8 Å². The van der Waals surface area contributed by atoms with Gasteiger partial charge < -0.3 is 20.1 Å². The maximum atomic E-state index is 11.8. The van der Waals surface area contributed by atoms with E-state index < -0.39 is 11.7 Å². The van der Waals surface area contributed by atoms with Crippen molar-refractivity contribution in [2.75, 3.05) is 31.2 Å². The molecule has 0 saturated heterocycles. The van der Waals surface area contributed by atoms with E-state index in [4.69, 9.17) is 21.1 Å². The molecule has 1 atom stereocenters. The van der Waals surface area contributed by atoms with Crippen molar-refractivity contribution < 1.29 is 19.1 Å². The summed E-state index contributed by atoms with van der Waals surface area (Å²) < 4.78 is 10.7. The lowest BCUT2D eigenvalue weighted by atomic mass is 10.2. The number of benzene rings is 1. The first kappa shape index (κ1) is 23.4. The number of hydrogen-bond acceptors (Lipinski definition) is 5. The van der Waals surface area contributed by atoms with Gasteiger partial charge in [-0.25, -0.2) is 4.79 Å². The number of carbonyl (C=O) groups is 2. The highest BCUT2D eigenvalue weighted by molar-refractivity contribution is 7.99. The van der Waals surface area contributed by atoms with Crippen molar-refractivity contribution in [2.24, 2.45) is 5.92 Å². The molecule has 6 nitrogen and oxygen atoms in total. The SMILES string of the molecule is CC(CNC(=O)CSCCOc1ccc(Cl)cc1)CNC(=O)OC(C)(C)C. The van der Waals surface area contributed by atoms with E-state index in [1.54, 1.807) is 12.1 Å². The minimum atomic E-state index is -0.518. The van der Waals surface area contributed by atoms with Crippen LogP contribution in [0.1, 0.15) is 27.7 Å². The molecular formula is C19H29ClN2O4S. The zero-order valence-corrected chi connectivity index (χ0v) is 17.9. The third kappa shape index (κ3) is 12.4. The average molecular weight is 417 g/mol. The van der Waals surface area contributed by atoms with Gasteiger partial charge in [0.05, 0.1) is 12.4 Å². The summed E-state index contributed by atoms with van der Waals surface area (Å²) >= 11 is 7.32. The number of nitrogens with one attached hydrogen (secondary N) is 2. The number of ether oxygens (including phenoxy) is 2. The van der Waals surface area contributed by atoms with Gasteiger partial charge in [0.15, 0.2) is 0 Å². The van der Waals surface area contributed by atoms with E-state index in [9.17, 15) is 9.59 Å². The van der Waals surface area contributed by atoms with E-state index in [1.165, 1.54) is 11.8 Å². The predicted octanol–water partition coefficient (Wildman–Crippen LogP) is 3.73. The molecule has 0 fully saturated rings. The van der Waals surface area contributed by atoms with Crippen molar-refractivity contribution in [3.63, 3.8) is 0 Å². The maximum absolute atomic E-state index is 11.8. The summed E-state index contributed by atoms with van der Waals surface area (Å²) in [5.74, 6) is 1.92. The normalized spacial score (nSPS) is 12.2. The highest BCUT2D eigenvalue weighted by Crippen LogP contribution is 2.15. The van der Waals surface area contributed by atoms with E-state index in [0.29, 0.717) is 36.2 Å². The minimum absolute atomic E-state index is 0.0318. The third-order valence-corrected chi connectivity index (χ3v) is 4.36. The molecule has 27 heavy (non-hydrogen) atoms. The second-order valence-corrected chi connectivity index (χ2v) is 8.69.